The standard InChI is InChI=1S/C6H7N3O/c1-7-4-5-3-6(8-2)9-10-5/h3,7H,4H2,1H3. The van der Waals surface area contributed by atoms with E-state index >= 15 is 0 Å². The predicted octanol–water partition coefficient (Wildman–Crippen LogP) is 0.945. The van der Waals surface area contributed by atoms with E-state index in [4.69, 9.17) is 11.1 Å². The lowest BCUT2D eigenvalue weighted by atomic mass is 10.4. The van der Waals surface area contributed by atoms with Crippen LogP contribution in [0.3, 0.4) is 0 Å². The maximum atomic E-state index is 6.57. The first-order valence-corrected chi connectivity index (χ1v) is 2.84. The summed E-state index contributed by atoms with van der Waals surface area (Å²) < 4.78 is 4.77. The van der Waals surface area contributed by atoms with Crippen molar-refractivity contribution in [2.24, 2.45) is 0 Å². The fourth-order valence-electron chi connectivity index (χ4n) is 0.612. The number of nitrogens with one attached hydrogen (secondary N) is 1. The maximum Gasteiger partial charge on any atom is 0.319 e. The van der Waals surface area contributed by atoms with Gasteiger partial charge in [-0.05, 0) is 7.05 Å². The Hall–Kier alpha value is -1.34. The number of rotatable bonds is 2. The Balaban J connectivity index is 2.71. The lowest BCUT2D eigenvalue weighted by molar-refractivity contribution is 0.380. The van der Waals surface area contributed by atoms with Gasteiger partial charge in [-0.2, -0.15) is 0 Å². The highest BCUT2D eigenvalue weighted by atomic mass is 16.5. The van der Waals surface area contributed by atoms with Crippen LogP contribution in [0.2, 0.25) is 0 Å². The zero-order chi connectivity index (χ0) is 7.40. The van der Waals surface area contributed by atoms with Crippen LogP contribution in [0.5, 0.6) is 0 Å². The van der Waals surface area contributed by atoms with Gasteiger partial charge in [0.05, 0.1) is 11.7 Å². The minimum Gasteiger partial charge on any atom is -0.357 e. The molecule has 52 valence electrons. The third-order valence-electron chi connectivity index (χ3n) is 1.01. The summed E-state index contributed by atoms with van der Waals surface area (Å²) in [5.41, 5.74) is 0. The summed E-state index contributed by atoms with van der Waals surface area (Å²) in [7, 11) is 1.81. The predicted molar refractivity (Wildman–Crippen MR) is 35.5 cm³/mol. The Bertz CT molecular complexity index is 248. The fraction of sp³-hybridized carbons (Fsp3) is 0.333. The molecule has 0 saturated carbocycles. The molecule has 1 N–H and O–H groups in total. The average Bonchev–Trinajstić information content (AvgIpc) is 2.37. The first kappa shape index (κ1) is 6.78. The molecule has 1 rings (SSSR count). The van der Waals surface area contributed by atoms with Gasteiger partial charge in [0, 0.05) is 6.07 Å². The first-order chi connectivity index (χ1) is 4.86. The Morgan fingerprint density at radius 3 is 3.20 bits per heavy atom. The van der Waals surface area contributed by atoms with Crippen molar-refractivity contribution in [1.82, 2.24) is 10.5 Å². The molecular weight excluding hydrogens is 130 g/mol. The van der Waals surface area contributed by atoms with E-state index in [-0.39, 0.29) is 0 Å². The van der Waals surface area contributed by atoms with Crippen LogP contribution in [0.1, 0.15) is 5.76 Å². The normalized spacial score (nSPS) is 9.20. The van der Waals surface area contributed by atoms with Crippen LogP contribution in [0.4, 0.5) is 5.82 Å². The molecule has 0 radical (unpaired) electrons. The molecule has 0 saturated heterocycles. The molecule has 0 bridgehead atoms. The van der Waals surface area contributed by atoms with Crippen molar-refractivity contribution in [3.63, 3.8) is 0 Å². The van der Waals surface area contributed by atoms with E-state index < -0.39 is 0 Å². The number of aromatic nitrogens is 1. The van der Waals surface area contributed by atoms with Crippen LogP contribution >= 0.6 is 0 Å². The summed E-state index contributed by atoms with van der Waals surface area (Å²) in [6, 6.07) is 1.61. The summed E-state index contributed by atoms with van der Waals surface area (Å²) in [4.78, 5) is 3.09. The maximum absolute atomic E-state index is 6.57. The molecule has 0 amide bonds. The second-order valence-electron chi connectivity index (χ2n) is 1.79. The highest BCUT2D eigenvalue weighted by molar-refractivity contribution is 5.34. The second kappa shape index (κ2) is 2.99. The number of hydrogen-bond donors (Lipinski definition) is 1. The molecule has 0 atom stereocenters. The third-order valence-corrected chi connectivity index (χ3v) is 1.01. The largest absolute Gasteiger partial charge is 0.357 e. The van der Waals surface area contributed by atoms with E-state index in [1.165, 1.54) is 0 Å². The van der Waals surface area contributed by atoms with Gasteiger partial charge in [-0.3, -0.25) is 4.52 Å². The molecule has 0 unspecified atom stereocenters. The molecule has 1 aromatic rings. The van der Waals surface area contributed by atoms with E-state index in [0.29, 0.717) is 18.1 Å². The van der Waals surface area contributed by atoms with Gasteiger partial charge in [-0.25, -0.2) is 0 Å². The lowest BCUT2D eigenvalue weighted by Gasteiger charge is -1.85. The molecule has 0 aromatic carbocycles. The second-order valence-corrected chi connectivity index (χ2v) is 1.79. The van der Waals surface area contributed by atoms with Crippen molar-refractivity contribution >= 4 is 5.82 Å². The van der Waals surface area contributed by atoms with E-state index in [0.717, 1.165) is 0 Å². The van der Waals surface area contributed by atoms with Gasteiger partial charge in [0.1, 0.15) is 0 Å². The van der Waals surface area contributed by atoms with Gasteiger partial charge in [-0.15, -0.1) is 0 Å². The van der Waals surface area contributed by atoms with Crippen molar-refractivity contribution in [2.45, 2.75) is 6.54 Å². The molecular formula is C6H7N3O. The van der Waals surface area contributed by atoms with Crippen LogP contribution < -0.4 is 5.32 Å². The SMILES string of the molecule is [C-]#[N+]c1cc(CNC)on1. The van der Waals surface area contributed by atoms with Crippen LogP contribution in [-0.4, -0.2) is 12.2 Å². The number of nitrogens with zero attached hydrogens (tertiary/aromatic N) is 2. The van der Waals surface area contributed by atoms with Crippen molar-refractivity contribution in [2.75, 3.05) is 7.05 Å². The third kappa shape index (κ3) is 1.33. The molecule has 1 heterocycles. The van der Waals surface area contributed by atoms with Gasteiger partial charge < -0.3 is 10.2 Å². The smallest absolute Gasteiger partial charge is 0.319 e. The molecule has 4 heteroatoms. The summed E-state index contributed by atoms with van der Waals surface area (Å²) in [6.07, 6.45) is 0. The van der Waals surface area contributed by atoms with Crippen LogP contribution in [-0.2, 0) is 6.54 Å². The van der Waals surface area contributed by atoms with Crippen LogP contribution in [0, 0.1) is 6.57 Å². The molecule has 0 aliphatic heterocycles. The molecule has 1 aromatic heterocycles. The Labute approximate surface area is 58.6 Å². The fourth-order valence-corrected chi connectivity index (χ4v) is 0.612. The molecule has 10 heavy (non-hydrogen) atoms. The zero-order valence-electron chi connectivity index (χ0n) is 5.59. The molecule has 4 nitrogen and oxygen atoms in total. The Morgan fingerprint density at radius 1 is 1.90 bits per heavy atom. The minimum absolute atomic E-state index is 0.310. The van der Waals surface area contributed by atoms with Crippen molar-refractivity contribution < 1.29 is 4.52 Å². The number of hydrogen-bond acceptors (Lipinski definition) is 3. The molecule has 0 fully saturated rings. The highest BCUT2D eigenvalue weighted by Crippen LogP contribution is 2.10. The monoisotopic (exact) mass is 137 g/mol. The Morgan fingerprint density at radius 2 is 2.70 bits per heavy atom. The summed E-state index contributed by atoms with van der Waals surface area (Å²) in [5, 5.41) is 6.37. The van der Waals surface area contributed by atoms with E-state index in [1.54, 1.807) is 13.1 Å². The molecule has 0 spiro atoms. The van der Waals surface area contributed by atoms with E-state index in [9.17, 15) is 0 Å². The van der Waals surface area contributed by atoms with Gasteiger partial charge in [0.15, 0.2) is 5.76 Å². The highest BCUT2D eigenvalue weighted by Gasteiger charge is 2.02. The van der Waals surface area contributed by atoms with Gasteiger partial charge in [0.2, 0.25) is 0 Å². The van der Waals surface area contributed by atoms with Gasteiger partial charge >= 0.3 is 5.82 Å². The molecule has 0 aliphatic rings. The first-order valence-electron chi connectivity index (χ1n) is 2.84. The van der Waals surface area contributed by atoms with Gasteiger partial charge in [0.25, 0.3) is 0 Å². The van der Waals surface area contributed by atoms with E-state index in [2.05, 4.69) is 15.3 Å². The average molecular weight is 137 g/mol. The van der Waals surface area contributed by atoms with E-state index in [1.807, 2.05) is 0 Å². The zero-order valence-corrected chi connectivity index (χ0v) is 5.59. The topological polar surface area (TPSA) is 42.4 Å². The van der Waals surface area contributed by atoms with Crippen LogP contribution in [0.15, 0.2) is 10.6 Å². The van der Waals surface area contributed by atoms with Crippen LogP contribution in [0.25, 0.3) is 4.85 Å². The van der Waals surface area contributed by atoms with Crippen molar-refractivity contribution in [1.29, 1.82) is 0 Å². The van der Waals surface area contributed by atoms with Crippen molar-refractivity contribution in [3.05, 3.63) is 23.2 Å². The quantitative estimate of drug-likeness (QED) is 0.617. The summed E-state index contributed by atoms with van der Waals surface area (Å²) in [6.45, 7) is 7.18. The van der Waals surface area contributed by atoms with Crippen molar-refractivity contribution in [3.8, 4) is 0 Å². The summed E-state index contributed by atoms with van der Waals surface area (Å²) in [5.74, 6) is 0.999. The summed E-state index contributed by atoms with van der Waals surface area (Å²) >= 11 is 0. The van der Waals surface area contributed by atoms with Gasteiger partial charge in [-0.1, -0.05) is 6.57 Å². The Kier molecular flexibility index (Phi) is 2.03. The minimum atomic E-state index is 0.310. The molecule has 0 aliphatic carbocycles. The lowest BCUT2D eigenvalue weighted by Crippen LogP contribution is -2.03.